The van der Waals surface area contributed by atoms with Crippen molar-refractivity contribution in [1.29, 1.82) is 5.26 Å². The number of nitrogens with zero attached hydrogens (tertiary/aromatic N) is 2. The van der Waals surface area contributed by atoms with Gasteiger partial charge in [0.05, 0.1) is 19.8 Å². The predicted octanol–water partition coefficient (Wildman–Crippen LogP) is 3.03. The summed E-state index contributed by atoms with van der Waals surface area (Å²) in [5, 5.41) is 9.47. The molecule has 1 aliphatic rings. The summed E-state index contributed by atoms with van der Waals surface area (Å²) in [6, 6.07) is 7.17. The van der Waals surface area contributed by atoms with Crippen LogP contribution in [0.1, 0.15) is 39.7 Å². The lowest BCUT2D eigenvalue weighted by molar-refractivity contribution is -0.141. The summed E-state index contributed by atoms with van der Waals surface area (Å²) in [5.41, 5.74) is 1.14. The van der Waals surface area contributed by atoms with E-state index in [1.807, 2.05) is 19.9 Å². The van der Waals surface area contributed by atoms with E-state index < -0.39 is 17.8 Å². The molecule has 1 aromatic carbocycles. The average Bonchev–Trinajstić information content (AvgIpc) is 2.73. The number of esters is 1. The fourth-order valence-electron chi connectivity index (χ4n) is 3.10. The summed E-state index contributed by atoms with van der Waals surface area (Å²) in [4.78, 5) is 37.6. The van der Waals surface area contributed by atoms with Gasteiger partial charge in [-0.1, -0.05) is 6.07 Å². The van der Waals surface area contributed by atoms with Gasteiger partial charge in [-0.3, -0.25) is 19.3 Å². The van der Waals surface area contributed by atoms with Gasteiger partial charge < -0.3 is 14.2 Å². The molecule has 8 heteroatoms. The van der Waals surface area contributed by atoms with Crippen molar-refractivity contribution in [2.75, 3.05) is 26.4 Å². The lowest BCUT2D eigenvalue weighted by atomic mass is 9.93. The van der Waals surface area contributed by atoms with Crippen molar-refractivity contribution >= 4 is 23.9 Å². The molecular formula is C23H26N2O6. The zero-order valence-corrected chi connectivity index (χ0v) is 18.2. The van der Waals surface area contributed by atoms with Crippen LogP contribution < -0.4 is 9.47 Å². The van der Waals surface area contributed by atoms with Crippen molar-refractivity contribution in [2.45, 2.75) is 34.1 Å². The maximum atomic E-state index is 13.0. The van der Waals surface area contributed by atoms with E-state index >= 15 is 0 Å². The fraction of sp³-hybridized carbons (Fsp3) is 0.391. The monoisotopic (exact) mass is 426 g/mol. The fourth-order valence-corrected chi connectivity index (χ4v) is 3.10. The number of nitriles is 1. The first-order valence-corrected chi connectivity index (χ1v) is 10.1. The third-order valence-electron chi connectivity index (χ3n) is 4.54. The van der Waals surface area contributed by atoms with Gasteiger partial charge in [-0.2, -0.15) is 5.26 Å². The number of benzene rings is 1. The minimum Gasteiger partial charge on any atom is -0.490 e. The zero-order chi connectivity index (χ0) is 23.0. The smallest absolute Gasteiger partial charge is 0.302 e. The van der Waals surface area contributed by atoms with Gasteiger partial charge in [0.25, 0.3) is 11.8 Å². The number of ether oxygens (including phenoxy) is 3. The van der Waals surface area contributed by atoms with Gasteiger partial charge in [-0.15, -0.1) is 0 Å². The SMILES string of the molecule is CCOc1ccc(/C=C2/C(=O)N(CCCOC(C)=O)C(=O)C(C#N)=C2C)cc1OCC. The van der Waals surface area contributed by atoms with Crippen LogP contribution >= 0.6 is 0 Å². The van der Waals surface area contributed by atoms with Crippen LogP contribution in [0.2, 0.25) is 0 Å². The van der Waals surface area contributed by atoms with Crippen LogP contribution in [0.4, 0.5) is 0 Å². The van der Waals surface area contributed by atoms with E-state index in [-0.39, 0.29) is 30.7 Å². The third-order valence-corrected chi connectivity index (χ3v) is 4.54. The van der Waals surface area contributed by atoms with Crippen LogP contribution in [0.5, 0.6) is 11.5 Å². The highest BCUT2D eigenvalue weighted by molar-refractivity contribution is 6.19. The first-order valence-electron chi connectivity index (χ1n) is 10.1. The predicted molar refractivity (Wildman–Crippen MR) is 113 cm³/mol. The molecule has 0 bridgehead atoms. The molecule has 0 aromatic heterocycles. The van der Waals surface area contributed by atoms with E-state index in [2.05, 4.69) is 0 Å². The minimum atomic E-state index is -0.647. The maximum Gasteiger partial charge on any atom is 0.302 e. The molecule has 0 spiro atoms. The molecule has 164 valence electrons. The number of carbonyl (C=O) groups excluding carboxylic acids is 3. The molecule has 0 fully saturated rings. The van der Waals surface area contributed by atoms with Gasteiger partial charge in [-0.25, -0.2) is 0 Å². The molecule has 0 atom stereocenters. The van der Waals surface area contributed by atoms with Crippen molar-refractivity contribution in [3.8, 4) is 17.6 Å². The highest BCUT2D eigenvalue weighted by Crippen LogP contribution is 2.32. The first-order chi connectivity index (χ1) is 14.8. The Balaban J connectivity index is 2.40. The van der Waals surface area contributed by atoms with Crippen molar-refractivity contribution in [3.05, 3.63) is 40.5 Å². The van der Waals surface area contributed by atoms with E-state index in [0.717, 1.165) is 4.90 Å². The summed E-state index contributed by atoms with van der Waals surface area (Å²) in [6.07, 6.45) is 1.90. The summed E-state index contributed by atoms with van der Waals surface area (Å²) in [5.74, 6) is -0.457. The summed E-state index contributed by atoms with van der Waals surface area (Å²) in [7, 11) is 0. The molecular weight excluding hydrogens is 400 g/mol. The maximum absolute atomic E-state index is 13.0. The molecule has 0 aliphatic carbocycles. The summed E-state index contributed by atoms with van der Waals surface area (Å²) >= 11 is 0. The standard InChI is InChI=1S/C23H26N2O6/c1-5-29-20-9-8-17(13-21(20)30-6-2)12-18-15(3)19(14-24)23(28)25(22(18)27)10-7-11-31-16(4)26/h8-9,12-13H,5-7,10-11H2,1-4H3/b18-12+. The van der Waals surface area contributed by atoms with Crippen molar-refractivity contribution in [3.63, 3.8) is 0 Å². The van der Waals surface area contributed by atoms with E-state index in [1.54, 1.807) is 31.2 Å². The topological polar surface area (TPSA) is 106 Å². The molecule has 0 radical (unpaired) electrons. The Morgan fingerprint density at radius 2 is 1.81 bits per heavy atom. The zero-order valence-electron chi connectivity index (χ0n) is 18.2. The van der Waals surface area contributed by atoms with Gasteiger partial charge in [0.1, 0.15) is 11.6 Å². The highest BCUT2D eigenvalue weighted by atomic mass is 16.5. The molecule has 1 aromatic rings. The van der Waals surface area contributed by atoms with Crippen LogP contribution in [-0.2, 0) is 19.1 Å². The summed E-state index contributed by atoms with van der Waals surface area (Å²) < 4.78 is 16.1. The lowest BCUT2D eigenvalue weighted by Gasteiger charge is -2.27. The molecule has 0 saturated heterocycles. The summed E-state index contributed by atoms with van der Waals surface area (Å²) in [6.45, 7) is 7.63. The van der Waals surface area contributed by atoms with Gasteiger partial charge in [0.2, 0.25) is 0 Å². The quantitative estimate of drug-likeness (QED) is 0.259. The Kier molecular flexibility index (Phi) is 8.38. The Hall–Kier alpha value is -3.60. The Labute approximate surface area is 181 Å². The number of hydrogen-bond acceptors (Lipinski definition) is 7. The Bertz CT molecular complexity index is 971. The molecule has 1 aliphatic heterocycles. The normalized spacial score (nSPS) is 15.2. The minimum absolute atomic E-state index is 0.0359. The van der Waals surface area contributed by atoms with E-state index in [1.165, 1.54) is 6.92 Å². The average molecular weight is 426 g/mol. The van der Waals surface area contributed by atoms with Crippen LogP contribution in [0.15, 0.2) is 34.9 Å². The number of hydrogen-bond donors (Lipinski definition) is 0. The molecule has 31 heavy (non-hydrogen) atoms. The molecule has 0 saturated carbocycles. The number of carbonyl (C=O) groups is 3. The van der Waals surface area contributed by atoms with E-state index in [4.69, 9.17) is 14.2 Å². The molecule has 2 rings (SSSR count). The Morgan fingerprint density at radius 3 is 2.42 bits per heavy atom. The molecule has 0 unspecified atom stereocenters. The number of amides is 2. The second-order valence-corrected chi connectivity index (χ2v) is 6.70. The molecule has 0 N–H and O–H groups in total. The lowest BCUT2D eigenvalue weighted by Crippen LogP contribution is -2.43. The van der Waals surface area contributed by atoms with Gasteiger partial charge >= 0.3 is 5.97 Å². The van der Waals surface area contributed by atoms with Gasteiger partial charge in [0.15, 0.2) is 11.5 Å². The van der Waals surface area contributed by atoms with Crippen LogP contribution in [0.25, 0.3) is 6.08 Å². The third kappa shape index (κ3) is 5.72. The van der Waals surface area contributed by atoms with Crippen LogP contribution in [0, 0.1) is 11.3 Å². The molecule has 1 heterocycles. The van der Waals surface area contributed by atoms with Gasteiger partial charge in [-0.05, 0) is 56.5 Å². The Morgan fingerprint density at radius 1 is 1.13 bits per heavy atom. The number of imide groups is 1. The number of rotatable bonds is 9. The van der Waals surface area contributed by atoms with E-state index in [0.29, 0.717) is 35.8 Å². The van der Waals surface area contributed by atoms with E-state index in [9.17, 15) is 19.6 Å². The molecule has 2 amide bonds. The van der Waals surface area contributed by atoms with Gasteiger partial charge in [0, 0.05) is 19.0 Å². The molecule has 8 nitrogen and oxygen atoms in total. The first kappa shape index (κ1) is 23.7. The van der Waals surface area contributed by atoms with Crippen molar-refractivity contribution < 1.29 is 28.6 Å². The largest absolute Gasteiger partial charge is 0.490 e. The van der Waals surface area contributed by atoms with Crippen molar-refractivity contribution in [2.24, 2.45) is 0 Å². The second-order valence-electron chi connectivity index (χ2n) is 6.70. The van der Waals surface area contributed by atoms with Crippen LogP contribution in [-0.4, -0.2) is 49.0 Å². The van der Waals surface area contributed by atoms with Crippen LogP contribution in [0.3, 0.4) is 0 Å². The highest BCUT2D eigenvalue weighted by Gasteiger charge is 2.35. The second kappa shape index (κ2) is 11.0. The van der Waals surface area contributed by atoms with Crippen molar-refractivity contribution in [1.82, 2.24) is 4.90 Å².